The zero-order valence-corrected chi connectivity index (χ0v) is 12.5. The molecule has 0 atom stereocenters. The molecule has 0 saturated carbocycles. The molecule has 1 aromatic carbocycles. The highest BCUT2D eigenvalue weighted by Gasteiger charge is 2.43. The van der Waals surface area contributed by atoms with Gasteiger partial charge in [-0.25, -0.2) is 4.39 Å². The molecule has 120 valence electrons. The molecule has 0 bridgehead atoms. The molecule has 0 aromatic heterocycles. The molecule has 0 aliphatic carbocycles. The number of carbonyl (C=O) groups excluding carboxylic acids is 1. The molecule has 1 saturated heterocycles. The lowest BCUT2D eigenvalue weighted by atomic mass is 9.73. The van der Waals surface area contributed by atoms with E-state index in [0.717, 1.165) is 0 Å². The number of ether oxygens (including phenoxy) is 1. The van der Waals surface area contributed by atoms with Gasteiger partial charge in [-0.1, -0.05) is 12.1 Å². The summed E-state index contributed by atoms with van der Waals surface area (Å²) in [6, 6.07) is 6.06. The maximum absolute atomic E-state index is 13.6. The van der Waals surface area contributed by atoms with E-state index in [9.17, 15) is 14.0 Å². The summed E-state index contributed by atoms with van der Waals surface area (Å²) in [5, 5.41) is 8.76. The SMILES string of the molecule is CN(CCC(=O)O)C(=O)C1(c2cccc(F)c2)CCOCC1. The van der Waals surface area contributed by atoms with Crippen LogP contribution in [0.25, 0.3) is 0 Å². The van der Waals surface area contributed by atoms with Gasteiger partial charge in [-0.2, -0.15) is 0 Å². The van der Waals surface area contributed by atoms with Crippen LogP contribution in [-0.4, -0.2) is 48.7 Å². The normalized spacial score (nSPS) is 17.0. The zero-order chi connectivity index (χ0) is 16.2. The summed E-state index contributed by atoms with van der Waals surface area (Å²) in [7, 11) is 1.59. The number of benzene rings is 1. The summed E-state index contributed by atoms with van der Waals surface area (Å²) in [5.74, 6) is -1.52. The van der Waals surface area contributed by atoms with E-state index < -0.39 is 11.4 Å². The third kappa shape index (κ3) is 3.44. The van der Waals surface area contributed by atoms with Crippen LogP contribution in [0.2, 0.25) is 0 Å². The zero-order valence-electron chi connectivity index (χ0n) is 12.5. The van der Waals surface area contributed by atoms with Gasteiger partial charge in [0.05, 0.1) is 11.8 Å². The third-order valence-corrected chi connectivity index (χ3v) is 4.14. The van der Waals surface area contributed by atoms with E-state index in [1.54, 1.807) is 19.2 Å². The molecule has 0 radical (unpaired) electrons. The van der Waals surface area contributed by atoms with Crippen LogP contribution in [0, 0.1) is 5.82 Å². The van der Waals surface area contributed by atoms with Gasteiger partial charge in [0.25, 0.3) is 0 Å². The molecular formula is C16H20FNO4. The Morgan fingerprint density at radius 1 is 1.36 bits per heavy atom. The van der Waals surface area contributed by atoms with Crippen LogP contribution in [0.3, 0.4) is 0 Å². The summed E-state index contributed by atoms with van der Waals surface area (Å²) in [6.07, 6.45) is 0.817. The van der Waals surface area contributed by atoms with E-state index in [4.69, 9.17) is 9.84 Å². The number of carbonyl (C=O) groups is 2. The van der Waals surface area contributed by atoms with Crippen molar-refractivity contribution in [2.75, 3.05) is 26.8 Å². The van der Waals surface area contributed by atoms with Crippen molar-refractivity contribution >= 4 is 11.9 Å². The predicted octanol–water partition coefficient (Wildman–Crippen LogP) is 1.81. The van der Waals surface area contributed by atoms with Crippen LogP contribution < -0.4 is 0 Å². The summed E-state index contributed by atoms with van der Waals surface area (Å²) in [4.78, 5) is 25.0. The van der Waals surface area contributed by atoms with Gasteiger partial charge >= 0.3 is 5.97 Å². The van der Waals surface area contributed by atoms with Gasteiger partial charge in [-0.15, -0.1) is 0 Å². The van der Waals surface area contributed by atoms with Crippen LogP contribution >= 0.6 is 0 Å². The molecule has 0 spiro atoms. The summed E-state index contributed by atoms with van der Waals surface area (Å²) in [5.41, 5.74) is -0.212. The van der Waals surface area contributed by atoms with Crippen molar-refractivity contribution in [1.82, 2.24) is 4.90 Å². The molecule has 1 aliphatic heterocycles. The highest BCUT2D eigenvalue weighted by molar-refractivity contribution is 5.88. The molecule has 2 rings (SSSR count). The lowest BCUT2D eigenvalue weighted by Crippen LogP contribution is -2.49. The minimum absolute atomic E-state index is 0.113. The number of halogens is 1. The quantitative estimate of drug-likeness (QED) is 0.901. The molecule has 22 heavy (non-hydrogen) atoms. The van der Waals surface area contributed by atoms with Crippen LogP contribution in [0.4, 0.5) is 4.39 Å². The number of likely N-dealkylation sites (N-methyl/N-ethyl adjacent to an activating group) is 1. The van der Waals surface area contributed by atoms with Gasteiger partial charge in [0.1, 0.15) is 5.82 Å². The fourth-order valence-corrected chi connectivity index (χ4v) is 2.86. The number of aliphatic carboxylic acids is 1. The Bertz CT molecular complexity index is 555. The first kappa shape index (κ1) is 16.4. The molecule has 1 amide bonds. The maximum Gasteiger partial charge on any atom is 0.305 e. The second kappa shape index (κ2) is 6.87. The molecular weight excluding hydrogens is 289 g/mol. The smallest absolute Gasteiger partial charge is 0.305 e. The number of hydrogen-bond acceptors (Lipinski definition) is 3. The average molecular weight is 309 g/mol. The first-order valence-corrected chi connectivity index (χ1v) is 7.27. The van der Waals surface area contributed by atoms with Crippen molar-refractivity contribution in [2.24, 2.45) is 0 Å². The minimum Gasteiger partial charge on any atom is -0.481 e. The summed E-state index contributed by atoms with van der Waals surface area (Å²) >= 11 is 0. The number of rotatable bonds is 5. The van der Waals surface area contributed by atoms with Crippen LogP contribution in [0.1, 0.15) is 24.8 Å². The van der Waals surface area contributed by atoms with E-state index in [1.165, 1.54) is 17.0 Å². The molecule has 5 nitrogen and oxygen atoms in total. The van der Waals surface area contributed by atoms with Crippen LogP contribution in [-0.2, 0) is 19.7 Å². The molecule has 1 aromatic rings. The monoisotopic (exact) mass is 309 g/mol. The molecule has 1 aliphatic rings. The van der Waals surface area contributed by atoms with Crippen LogP contribution in [0.5, 0.6) is 0 Å². The third-order valence-electron chi connectivity index (χ3n) is 4.14. The average Bonchev–Trinajstić information content (AvgIpc) is 2.52. The summed E-state index contributed by atoms with van der Waals surface area (Å²) < 4.78 is 18.9. The van der Waals surface area contributed by atoms with E-state index in [1.807, 2.05) is 0 Å². The van der Waals surface area contributed by atoms with Gasteiger partial charge in [0.15, 0.2) is 0 Å². The number of carboxylic acids is 1. The standard InChI is InChI=1S/C16H20FNO4/c1-18(8-5-14(19)20)15(21)16(6-9-22-10-7-16)12-3-2-4-13(17)11-12/h2-4,11H,5-10H2,1H3,(H,19,20). The Morgan fingerprint density at radius 2 is 2.05 bits per heavy atom. The largest absolute Gasteiger partial charge is 0.481 e. The van der Waals surface area contributed by atoms with Crippen molar-refractivity contribution in [1.29, 1.82) is 0 Å². The number of hydrogen-bond donors (Lipinski definition) is 1. The Morgan fingerprint density at radius 3 is 2.64 bits per heavy atom. The van der Waals surface area contributed by atoms with Crippen molar-refractivity contribution in [3.63, 3.8) is 0 Å². The van der Waals surface area contributed by atoms with Crippen molar-refractivity contribution in [3.8, 4) is 0 Å². The second-order valence-corrected chi connectivity index (χ2v) is 5.58. The van der Waals surface area contributed by atoms with E-state index in [2.05, 4.69) is 0 Å². The molecule has 1 N–H and O–H groups in total. The minimum atomic E-state index is -0.952. The topological polar surface area (TPSA) is 66.8 Å². The number of amides is 1. The first-order valence-electron chi connectivity index (χ1n) is 7.27. The van der Waals surface area contributed by atoms with Crippen molar-refractivity contribution in [2.45, 2.75) is 24.7 Å². The molecule has 0 unspecified atom stereocenters. The fraction of sp³-hybridized carbons (Fsp3) is 0.500. The number of nitrogens with zero attached hydrogens (tertiary/aromatic N) is 1. The Balaban J connectivity index is 2.29. The summed E-state index contributed by atoms with van der Waals surface area (Å²) in [6.45, 7) is 0.982. The Labute approximate surface area is 128 Å². The van der Waals surface area contributed by atoms with E-state index in [-0.39, 0.29) is 24.7 Å². The van der Waals surface area contributed by atoms with Gasteiger partial charge in [0.2, 0.25) is 5.91 Å². The van der Waals surface area contributed by atoms with Crippen molar-refractivity contribution < 1.29 is 23.8 Å². The van der Waals surface area contributed by atoms with E-state index in [0.29, 0.717) is 31.6 Å². The predicted molar refractivity (Wildman–Crippen MR) is 78.0 cm³/mol. The molecule has 1 fully saturated rings. The van der Waals surface area contributed by atoms with Crippen molar-refractivity contribution in [3.05, 3.63) is 35.6 Å². The van der Waals surface area contributed by atoms with Gasteiger partial charge in [-0.05, 0) is 30.5 Å². The van der Waals surface area contributed by atoms with E-state index >= 15 is 0 Å². The lowest BCUT2D eigenvalue weighted by molar-refractivity contribution is -0.142. The van der Waals surface area contributed by atoms with Gasteiger partial charge in [-0.3, -0.25) is 9.59 Å². The second-order valence-electron chi connectivity index (χ2n) is 5.58. The maximum atomic E-state index is 13.6. The lowest BCUT2D eigenvalue weighted by Gasteiger charge is -2.39. The molecule has 1 heterocycles. The van der Waals surface area contributed by atoms with Crippen LogP contribution in [0.15, 0.2) is 24.3 Å². The first-order chi connectivity index (χ1) is 10.5. The Hall–Kier alpha value is -1.95. The van der Waals surface area contributed by atoms with Gasteiger partial charge in [0, 0.05) is 26.8 Å². The number of carboxylic acid groups (broad SMARTS) is 1. The Kier molecular flexibility index (Phi) is 5.13. The highest BCUT2D eigenvalue weighted by Crippen LogP contribution is 2.36. The molecule has 6 heteroatoms. The van der Waals surface area contributed by atoms with Gasteiger partial charge < -0.3 is 14.7 Å². The highest BCUT2D eigenvalue weighted by atomic mass is 19.1. The fourth-order valence-electron chi connectivity index (χ4n) is 2.86.